The van der Waals surface area contributed by atoms with E-state index in [0.717, 1.165) is 11.1 Å². The first-order valence-corrected chi connectivity index (χ1v) is 12.4. The predicted octanol–water partition coefficient (Wildman–Crippen LogP) is 3.39. The maximum atomic E-state index is 13.0. The van der Waals surface area contributed by atoms with Crippen LogP contribution in [0.4, 0.5) is 0 Å². The molecule has 1 aliphatic rings. The van der Waals surface area contributed by atoms with Crippen LogP contribution in [0.2, 0.25) is 0 Å². The quantitative estimate of drug-likeness (QED) is 0.416. The highest BCUT2D eigenvalue weighted by molar-refractivity contribution is 5.91. The summed E-state index contributed by atoms with van der Waals surface area (Å²) < 4.78 is 10.7. The largest absolute Gasteiger partial charge is 0.497 e. The SMILES string of the molecule is COc1ccc(CC(NC(=O)C(C)NC(=O)C2Cc3ccccc3C2)C(=O)OCc2ccccc2)cc1. The van der Waals surface area contributed by atoms with Gasteiger partial charge in [-0.2, -0.15) is 0 Å². The van der Waals surface area contributed by atoms with E-state index in [1.54, 1.807) is 26.2 Å². The number of hydrogen-bond donors (Lipinski definition) is 2. The second-order valence-electron chi connectivity index (χ2n) is 9.31. The van der Waals surface area contributed by atoms with Gasteiger partial charge >= 0.3 is 5.97 Å². The molecule has 37 heavy (non-hydrogen) atoms. The second kappa shape index (κ2) is 12.2. The Morgan fingerprint density at radius 1 is 0.838 bits per heavy atom. The van der Waals surface area contributed by atoms with Crippen LogP contribution in [-0.2, 0) is 45.0 Å². The third-order valence-electron chi connectivity index (χ3n) is 6.60. The van der Waals surface area contributed by atoms with Crippen molar-refractivity contribution in [3.8, 4) is 5.75 Å². The van der Waals surface area contributed by atoms with E-state index in [2.05, 4.69) is 10.6 Å². The summed E-state index contributed by atoms with van der Waals surface area (Å²) in [5.41, 5.74) is 4.02. The molecule has 2 atom stereocenters. The number of ether oxygens (including phenoxy) is 2. The van der Waals surface area contributed by atoms with Gasteiger partial charge in [-0.1, -0.05) is 66.7 Å². The van der Waals surface area contributed by atoms with Gasteiger partial charge in [-0.3, -0.25) is 9.59 Å². The van der Waals surface area contributed by atoms with Crippen LogP contribution in [-0.4, -0.2) is 37.0 Å². The van der Waals surface area contributed by atoms with Crippen LogP contribution in [0, 0.1) is 5.92 Å². The summed E-state index contributed by atoms with van der Waals surface area (Å²) in [5, 5.41) is 5.60. The molecular weight excluding hydrogens is 468 g/mol. The molecule has 4 rings (SSSR count). The van der Waals surface area contributed by atoms with Crippen LogP contribution in [0.15, 0.2) is 78.9 Å². The lowest BCUT2D eigenvalue weighted by atomic mass is 10.0. The van der Waals surface area contributed by atoms with Gasteiger partial charge in [0.1, 0.15) is 24.4 Å². The number of carbonyl (C=O) groups excluding carboxylic acids is 3. The predicted molar refractivity (Wildman–Crippen MR) is 140 cm³/mol. The van der Waals surface area contributed by atoms with Gasteiger partial charge < -0.3 is 20.1 Å². The highest BCUT2D eigenvalue weighted by Gasteiger charge is 2.30. The highest BCUT2D eigenvalue weighted by atomic mass is 16.5. The number of benzene rings is 3. The van der Waals surface area contributed by atoms with E-state index in [9.17, 15) is 14.4 Å². The van der Waals surface area contributed by atoms with Crippen LogP contribution >= 0.6 is 0 Å². The number of amides is 2. The normalized spacial score (nSPS) is 14.2. The van der Waals surface area contributed by atoms with Crippen molar-refractivity contribution in [3.05, 3.63) is 101 Å². The molecule has 3 aromatic carbocycles. The fourth-order valence-electron chi connectivity index (χ4n) is 4.46. The summed E-state index contributed by atoms with van der Waals surface area (Å²) in [4.78, 5) is 38.9. The van der Waals surface area contributed by atoms with E-state index >= 15 is 0 Å². The second-order valence-corrected chi connectivity index (χ2v) is 9.31. The molecule has 0 saturated heterocycles. The van der Waals surface area contributed by atoms with Gasteiger partial charge in [0.05, 0.1) is 7.11 Å². The summed E-state index contributed by atoms with van der Waals surface area (Å²) in [7, 11) is 1.58. The van der Waals surface area contributed by atoms with E-state index < -0.39 is 24.0 Å². The number of esters is 1. The van der Waals surface area contributed by atoms with Crippen molar-refractivity contribution in [1.82, 2.24) is 10.6 Å². The van der Waals surface area contributed by atoms with Gasteiger partial charge in [-0.15, -0.1) is 0 Å². The average molecular weight is 501 g/mol. The van der Waals surface area contributed by atoms with Crippen molar-refractivity contribution in [1.29, 1.82) is 0 Å². The third-order valence-corrected chi connectivity index (χ3v) is 6.60. The Hall–Kier alpha value is -4.13. The first-order valence-electron chi connectivity index (χ1n) is 12.4. The molecule has 0 aromatic heterocycles. The molecule has 192 valence electrons. The fraction of sp³-hybridized carbons (Fsp3) is 0.300. The zero-order chi connectivity index (χ0) is 26.2. The number of nitrogens with one attached hydrogen (secondary N) is 2. The van der Waals surface area contributed by atoms with Gasteiger partial charge in [-0.25, -0.2) is 4.79 Å². The molecule has 0 spiro atoms. The lowest BCUT2D eigenvalue weighted by molar-refractivity contribution is -0.149. The van der Waals surface area contributed by atoms with E-state index in [1.807, 2.05) is 66.7 Å². The molecule has 2 amide bonds. The Kier molecular flexibility index (Phi) is 8.56. The Morgan fingerprint density at radius 3 is 2.08 bits per heavy atom. The van der Waals surface area contributed by atoms with Crippen LogP contribution in [0.3, 0.4) is 0 Å². The topological polar surface area (TPSA) is 93.7 Å². The summed E-state index contributed by atoms with van der Waals surface area (Å²) >= 11 is 0. The molecule has 0 saturated carbocycles. The van der Waals surface area contributed by atoms with Crippen LogP contribution in [0.1, 0.15) is 29.2 Å². The Morgan fingerprint density at radius 2 is 1.46 bits per heavy atom. The summed E-state index contributed by atoms with van der Waals surface area (Å²) in [6.07, 6.45) is 1.55. The zero-order valence-electron chi connectivity index (χ0n) is 21.1. The molecule has 0 fully saturated rings. The van der Waals surface area contributed by atoms with Crippen LogP contribution in [0.5, 0.6) is 5.75 Å². The number of methoxy groups -OCH3 is 1. The van der Waals surface area contributed by atoms with Gasteiger partial charge in [-0.05, 0) is 54.2 Å². The molecule has 0 bridgehead atoms. The summed E-state index contributed by atoms with van der Waals surface area (Å²) in [5.74, 6) is -0.672. The smallest absolute Gasteiger partial charge is 0.329 e. The number of hydrogen-bond acceptors (Lipinski definition) is 5. The van der Waals surface area contributed by atoms with Crippen molar-refractivity contribution < 1.29 is 23.9 Å². The minimum Gasteiger partial charge on any atom is -0.497 e. The highest BCUT2D eigenvalue weighted by Crippen LogP contribution is 2.26. The Bertz CT molecular complexity index is 1200. The van der Waals surface area contributed by atoms with E-state index in [4.69, 9.17) is 9.47 Å². The summed E-state index contributed by atoms with van der Waals surface area (Å²) in [6.45, 7) is 1.72. The van der Waals surface area contributed by atoms with Gasteiger partial charge in [0, 0.05) is 12.3 Å². The van der Waals surface area contributed by atoms with Crippen LogP contribution < -0.4 is 15.4 Å². The van der Waals surface area contributed by atoms with E-state index in [1.165, 1.54) is 11.1 Å². The van der Waals surface area contributed by atoms with Crippen LogP contribution in [0.25, 0.3) is 0 Å². The Labute approximate surface area is 217 Å². The van der Waals surface area contributed by atoms with Crippen molar-refractivity contribution in [3.63, 3.8) is 0 Å². The van der Waals surface area contributed by atoms with Crippen molar-refractivity contribution in [2.75, 3.05) is 7.11 Å². The molecule has 0 aliphatic heterocycles. The Balaban J connectivity index is 1.38. The standard InChI is InChI=1S/C30H32N2O5/c1-20(31-29(34)25-17-23-10-6-7-11-24(23)18-25)28(33)32-27(16-21-12-14-26(36-2)15-13-21)30(35)37-19-22-8-4-3-5-9-22/h3-15,20,25,27H,16-19H2,1-2H3,(H,31,34)(H,32,33). The van der Waals surface area contributed by atoms with Crippen molar-refractivity contribution in [2.24, 2.45) is 5.92 Å². The summed E-state index contributed by atoms with van der Waals surface area (Å²) in [6, 6.07) is 22.9. The maximum absolute atomic E-state index is 13.0. The van der Waals surface area contributed by atoms with E-state index in [-0.39, 0.29) is 24.9 Å². The van der Waals surface area contributed by atoms with Gasteiger partial charge in [0.25, 0.3) is 0 Å². The van der Waals surface area contributed by atoms with E-state index in [0.29, 0.717) is 18.6 Å². The molecule has 2 unspecified atom stereocenters. The molecule has 0 heterocycles. The molecule has 0 radical (unpaired) electrons. The zero-order valence-corrected chi connectivity index (χ0v) is 21.1. The molecule has 1 aliphatic carbocycles. The molecule has 3 aromatic rings. The number of carbonyl (C=O) groups is 3. The third kappa shape index (κ3) is 6.97. The fourth-order valence-corrected chi connectivity index (χ4v) is 4.46. The molecular formula is C30H32N2O5. The lowest BCUT2D eigenvalue weighted by Gasteiger charge is -2.22. The van der Waals surface area contributed by atoms with Gasteiger partial charge in [0.2, 0.25) is 11.8 Å². The minimum absolute atomic E-state index is 0.100. The van der Waals surface area contributed by atoms with Gasteiger partial charge in [0.15, 0.2) is 0 Å². The molecule has 7 heteroatoms. The first-order chi connectivity index (χ1) is 17.9. The monoisotopic (exact) mass is 500 g/mol. The average Bonchev–Trinajstić information content (AvgIpc) is 3.37. The number of fused-ring (bicyclic) bond motifs is 1. The van der Waals surface area contributed by atoms with Crippen molar-refractivity contribution >= 4 is 17.8 Å². The molecule has 7 nitrogen and oxygen atoms in total. The molecule has 2 N–H and O–H groups in total. The van der Waals surface area contributed by atoms with Crippen molar-refractivity contribution in [2.45, 2.75) is 44.9 Å². The number of rotatable bonds is 10. The minimum atomic E-state index is -0.917. The maximum Gasteiger partial charge on any atom is 0.329 e. The first kappa shape index (κ1) is 25.9. The lowest BCUT2D eigenvalue weighted by Crippen LogP contribution is -2.52.